The standard InChI is InChI=1S/C9H15N5O3/c1-13-6-12-9(14(16)17)8(13)11-5-3-2-4-7(10)15/h6,11H,2-5H2,1H3,(H2,10,15). The maximum atomic E-state index is 10.6. The molecule has 1 aromatic heterocycles. The van der Waals surface area contributed by atoms with E-state index in [1.165, 1.54) is 6.33 Å². The highest BCUT2D eigenvalue weighted by Gasteiger charge is 2.18. The number of rotatable bonds is 7. The third-order valence-corrected chi connectivity index (χ3v) is 2.23. The second kappa shape index (κ2) is 5.83. The Bertz CT molecular complexity index is 415. The van der Waals surface area contributed by atoms with Crippen molar-refractivity contribution in [2.75, 3.05) is 11.9 Å². The Labute approximate surface area is 98.0 Å². The molecule has 0 saturated heterocycles. The van der Waals surface area contributed by atoms with Crippen molar-refractivity contribution in [3.05, 3.63) is 16.4 Å². The van der Waals surface area contributed by atoms with Gasteiger partial charge in [-0.25, -0.2) is 0 Å². The summed E-state index contributed by atoms with van der Waals surface area (Å²) in [4.78, 5) is 24.3. The van der Waals surface area contributed by atoms with Crippen molar-refractivity contribution >= 4 is 17.5 Å². The molecule has 0 aliphatic rings. The normalized spacial score (nSPS) is 10.2. The summed E-state index contributed by atoms with van der Waals surface area (Å²) in [5.74, 6) is -0.159. The second-order valence-corrected chi connectivity index (χ2v) is 3.63. The summed E-state index contributed by atoms with van der Waals surface area (Å²) in [5.41, 5.74) is 4.99. The first-order valence-corrected chi connectivity index (χ1v) is 5.20. The van der Waals surface area contributed by atoms with Gasteiger partial charge >= 0.3 is 5.82 Å². The SMILES string of the molecule is Cn1cnc([N+](=O)[O-])c1NCCCCC(N)=O. The zero-order valence-electron chi connectivity index (χ0n) is 9.55. The molecule has 3 N–H and O–H groups in total. The number of carbonyl (C=O) groups excluding carboxylic acids is 1. The van der Waals surface area contributed by atoms with Crippen LogP contribution in [-0.2, 0) is 11.8 Å². The summed E-state index contributed by atoms with van der Waals surface area (Å²) >= 11 is 0. The Balaban J connectivity index is 2.43. The number of nitrogens with two attached hydrogens (primary N) is 1. The van der Waals surface area contributed by atoms with E-state index in [0.29, 0.717) is 31.6 Å². The van der Waals surface area contributed by atoms with Gasteiger partial charge in [0.15, 0.2) is 0 Å². The Kier molecular flexibility index (Phi) is 4.44. The summed E-state index contributed by atoms with van der Waals surface area (Å²) in [6, 6.07) is 0. The summed E-state index contributed by atoms with van der Waals surface area (Å²) in [6.07, 6.45) is 3.08. The minimum Gasteiger partial charge on any atom is -0.370 e. The lowest BCUT2D eigenvalue weighted by Gasteiger charge is -2.05. The van der Waals surface area contributed by atoms with Crippen LogP contribution >= 0.6 is 0 Å². The second-order valence-electron chi connectivity index (χ2n) is 3.63. The lowest BCUT2D eigenvalue weighted by molar-refractivity contribution is -0.388. The number of amides is 1. The summed E-state index contributed by atoms with van der Waals surface area (Å²) < 4.78 is 1.55. The van der Waals surface area contributed by atoms with Crippen molar-refractivity contribution in [2.24, 2.45) is 12.8 Å². The van der Waals surface area contributed by atoms with Gasteiger partial charge in [0.05, 0.1) is 0 Å². The molecule has 0 unspecified atom stereocenters. The summed E-state index contributed by atoms with van der Waals surface area (Å²) in [7, 11) is 1.67. The molecule has 0 atom stereocenters. The van der Waals surface area contributed by atoms with Crippen molar-refractivity contribution in [3.8, 4) is 0 Å². The fourth-order valence-corrected chi connectivity index (χ4v) is 1.39. The first-order chi connectivity index (χ1) is 8.02. The van der Waals surface area contributed by atoms with Gasteiger partial charge in [-0.15, -0.1) is 0 Å². The number of nitro groups is 1. The van der Waals surface area contributed by atoms with E-state index in [1.54, 1.807) is 11.6 Å². The van der Waals surface area contributed by atoms with Gasteiger partial charge in [-0.05, 0) is 22.7 Å². The molecule has 0 aliphatic heterocycles. The Morgan fingerprint density at radius 3 is 2.94 bits per heavy atom. The van der Waals surface area contributed by atoms with Crippen molar-refractivity contribution in [1.82, 2.24) is 9.55 Å². The van der Waals surface area contributed by atoms with Crippen LogP contribution in [0.15, 0.2) is 6.33 Å². The van der Waals surface area contributed by atoms with Crippen molar-refractivity contribution < 1.29 is 9.72 Å². The topological polar surface area (TPSA) is 116 Å². The average Bonchev–Trinajstić information content (AvgIpc) is 2.59. The largest absolute Gasteiger partial charge is 0.406 e. The van der Waals surface area contributed by atoms with Crippen LogP contribution in [0.25, 0.3) is 0 Å². The van der Waals surface area contributed by atoms with Crippen molar-refractivity contribution in [1.29, 1.82) is 0 Å². The average molecular weight is 241 g/mol. The molecule has 1 amide bonds. The van der Waals surface area contributed by atoms with E-state index < -0.39 is 4.92 Å². The van der Waals surface area contributed by atoms with E-state index in [1.807, 2.05) is 0 Å². The molecule has 17 heavy (non-hydrogen) atoms. The molecule has 1 aromatic rings. The molecule has 0 spiro atoms. The maximum Gasteiger partial charge on any atom is 0.406 e. The Morgan fingerprint density at radius 2 is 2.35 bits per heavy atom. The van der Waals surface area contributed by atoms with Gasteiger partial charge in [0.1, 0.15) is 0 Å². The van der Waals surface area contributed by atoms with Crippen LogP contribution in [0.4, 0.5) is 11.6 Å². The van der Waals surface area contributed by atoms with Crippen LogP contribution < -0.4 is 11.1 Å². The third-order valence-electron chi connectivity index (χ3n) is 2.23. The number of anilines is 1. The van der Waals surface area contributed by atoms with Crippen LogP contribution in [0.1, 0.15) is 19.3 Å². The van der Waals surface area contributed by atoms with Gasteiger partial charge in [-0.1, -0.05) is 0 Å². The third kappa shape index (κ3) is 3.74. The molecule has 1 heterocycles. The number of aryl methyl sites for hydroxylation is 1. The molecule has 0 aromatic carbocycles. The van der Waals surface area contributed by atoms with E-state index in [4.69, 9.17) is 5.73 Å². The van der Waals surface area contributed by atoms with Gasteiger partial charge in [-0.2, -0.15) is 0 Å². The van der Waals surface area contributed by atoms with Gasteiger partial charge < -0.3 is 21.2 Å². The zero-order valence-corrected chi connectivity index (χ0v) is 9.55. The smallest absolute Gasteiger partial charge is 0.370 e. The lowest BCUT2D eigenvalue weighted by atomic mass is 10.2. The monoisotopic (exact) mass is 241 g/mol. The van der Waals surface area contributed by atoms with E-state index in [9.17, 15) is 14.9 Å². The van der Waals surface area contributed by atoms with Gasteiger partial charge in [-0.3, -0.25) is 9.36 Å². The molecule has 0 saturated carbocycles. The Hall–Kier alpha value is -2.12. The van der Waals surface area contributed by atoms with Crippen molar-refractivity contribution in [3.63, 3.8) is 0 Å². The fraction of sp³-hybridized carbons (Fsp3) is 0.556. The molecule has 8 heteroatoms. The quantitative estimate of drug-likeness (QED) is 0.407. The number of nitrogens with one attached hydrogen (secondary N) is 1. The molecule has 1 rings (SSSR count). The highest BCUT2D eigenvalue weighted by molar-refractivity contribution is 5.73. The van der Waals surface area contributed by atoms with Crippen LogP contribution in [0.5, 0.6) is 0 Å². The number of imidazole rings is 1. The molecule has 0 aliphatic carbocycles. The predicted octanol–water partition coefficient (Wildman–Crippen LogP) is 0.396. The lowest BCUT2D eigenvalue weighted by Crippen LogP contribution is -2.11. The van der Waals surface area contributed by atoms with Gasteiger partial charge in [0.25, 0.3) is 0 Å². The zero-order chi connectivity index (χ0) is 12.8. The minimum absolute atomic E-state index is 0.192. The number of aromatic nitrogens is 2. The molecule has 0 bridgehead atoms. The number of carbonyl (C=O) groups is 1. The maximum absolute atomic E-state index is 10.6. The van der Waals surface area contributed by atoms with Gasteiger partial charge in [0, 0.05) is 20.0 Å². The molecule has 94 valence electrons. The number of hydrogen-bond acceptors (Lipinski definition) is 5. The molecule has 0 radical (unpaired) electrons. The summed E-state index contributed by atoms with van der Waals surface area (Å²) in [6.45, 7) is 0.535. The highest BCUT2D eigenvalue weighted by Crippen LogP contribution is 2.20. The van der Waals surface area contributed by atoms with Crippen LogP contribution in [0.3, 0.4) is 0 Å². The summed E-state index contributed by atoms with van der Waals surface area (Å²) in [5, 5.41) is 13.6. The van der Waals surface area contributed by atoms with E-state index in [0.717, 1.165) is 0 Å². The number of primary amides is 1. The highest BCUT2D eigenvalue weighted by atomic mass is 16.6. The number of nitrogens with zero attached hydrogens (tertiary/aromatic N) is 3. The number of unbranched alkanes of at least 4 members (excludes halogenated alkanes) is 1. The first kappa shape index (κ1) is 12.9. The molecular formula is C9H15N5O3. The van der Waals surface area contributed by atoms with Crippen LogP contribution in [0, 0.1) is 10.1 Å². The van der Waals surface area contributed by atoms with Gasteiger partial charge in [0.2, 0.25) is 18.1 Å². The molecule has 0 fully saturated rings. The van der Waals surface area contributed by atoms with E-state index in [2.05, 4.69) is 10.3 Å². The minimum atomic E-state index is -0.536. The fourth-order valence-electron chi connectivity index (χ4n) is 1.39. The van der Waals surface area contributed by atoms with E-state index >= 15 is 0 Å². The van der Waals surface area contributed by atoms with Crippen LogP contribution in [0.2, 0.25) is 0 Å². The van der Waals surface area contributed by atoms with Crippen molar-refractivity contribution in [2.45, 2.75) is 19.3 Å². The number of hydrogen-bond donors (Lipinski definition) is 2. The van der Waals surface area contributed by atoms with E-state index in [-0.39, 0.29) is 11.7 Å². The first-order valence-electron chi connectivity index (χ1n) is 5.20. The predicted molar refractivity (Wildman–Crippen MR) is 61.4 cm³/mol. The van der Waals surface area contributed by atoms with Crippen LogP contribution in [-0.4, -0.2) is 26.9 Å². The molecule has 8 nitrogen and oxygen atoms in total. The molecular weight excluding hydrogens is 226 g/mol. The Morgan fingerprint density at radius 1 is 1.65 bits per heavy atom.